The van der Waals surface area contributed by atoms with Gasteiger partial charge in [-0.2, -0.15) is 0 Å². The van der Waals surface area contributed by atoms with Gasteiger partial charge in [-0.1, -0.05) is 345 Å². The SMILES string of the molecule is CN(c1ccc(N(c2ccc(-c3ccccc3)cc2)c2ccc3ccccc3c2)cc1)c1cc2ccccc2c2ccccc12.CN(c1ccc(N(c2ccc(-c3ccccc3)cc2)c2ccc3ccccc3c2)cc1)c1ccc2c3cccc4cccc(c5cccc1c52)c43.Cc1ccc(N(C)c2ccc(N(c3ccc(-c4ccccc4)cc3)c3ccc4ccccc4c3)cc2)cc1. The largest absolute Gasteiger partial charge is 0.345 e. The van der Waals surface area contributed by atoms with Gasteiger partial charge in [-0.15, -0.1) is 0 Å². The van der Waals surface area contributed by atoms with Crippen molar-refractivity contribution in [3.05, 3.63) is 515 Å². The van der Waals surface area contributed by atoms with Gasteiger partial charge in [0, 0.05) is 117 Å². The average Bonchev–Trinajstić information content (AvgIpc) is 0.713. The van der Waals surface area contributed by atoms with E-state index in [0.29, 0.717) is 0 Å². The van der Waals surface area contributed by atoms with Crippen molar-refractivity contribution in [2.45, 2.75) is 6.92 Å². The Hall–Kier alpha value is -17.3. The van der Waals surface area contributed by atoms with E-state index in [0.717, 1.165) is 68.2 Å². The third-order valence-corrected chi connectivity index (χ3v) is 26.6. The summed E-state index contributed by atoms with van der Waals surface area (Å²) >= 11 is 0. The predicted octanol–water partition coefficient (Wildman–Crippen LogP) is 35.9. The van der Waals surface area contributed by atoms with Crippen molar-refractivity contribution in [3.8, 4) is 33.4 Å². The van der Waals surface area contributed by atoms with Crippen LogP contribution >= 0.6 is 0 Å². The lowest BCUT2D eigenvalue weighted by molar-refractivity contribution is 1.20. The van der Waals surface area contributed by atoms with Gasteiger partial charge in [0.05, 0.1) is 0 Å². The topological polar surface area (TPSA) is 19.4 Å². The van der Waals surface area contributed by atoms with E-state index in [9.17, 15) is 0 Å². The van der Waals surface area contributed by atoms with Crippen molar-refractivity contribution >= 4 is 182 Å². The average molecular weight is 1720 g/mol. The van der Waals surface area contributed by atoms with E-state index in [1.54, 1.807) is 0 Å². The lowest BCUT2D eigenvalue weighted by Crippen LogP contribution is -2.12. The van der Waals surface area contributed by atoms with Crippen molar-refractivity contribution in [2.24, 2.45) is 0 Å². The van der Waals surface area contributed by atoms with Crippen LogP contribution in [0.15, 0.2) is 510 Å². The van der Waals surface area contributed by atoms with E-state index in [2.05, 4.69) is 567 Å². The van der Waals surface area contributed by atoms with Gasteiger partial charge in [-0.05, 0) is 296 Å². The zero-order valence-electron chi connectivity index (χ0n) is 75.2. The summed E-state index contributed by atoms with van der Waals surface area (Å²) in [6, 6.07) is 184. The second-order valence-corrected chi connectivity index (χ2v) is 34.6. The van der Waals surface area contributed by atoms with Crippen LogP contribution in [-0.2, 0) is 0 Å². The molecule has 0 unspecified atom stereocenters. The number of benzene rings is 24. The molecule has 6 nitrogen and oxygen atoms in total. The number of hydrogen-bond donors (Lipinski definition) is 0. The van der Waals surface area contributed by atoms with Crippen LogP contribution in [-0.4, -0.2) is 21.1 Å². The Labute approximate surface area is 782 Å². The molecule has 0 saturated heterocycles. The highest BCUT2D eigenvalue weighted by Gasteiger charge is 2.23. The third-order valence-electron chi connectivity index (χ3n) is 26.6. The van der Waals surface area contributed by atoms with E-state index < -0.39 is 0 Å². The maximum Gasteiger partial charge on any atom is 0.0494 e. The first-order valence-corrected chi connectivity index (χ1v) is 46.0. The molecule has 24 aromatic carbocycles. The first kappa shape index (κ1) is 82.4. The molecule has 0 amide bonds. The van der Waals surface area contributed by atoms with E-state index >= 15 is 0 Å². The molecular formula is C128H96N6. The van der Waals surface area contributed by atoms with Gasteiger partial charge in [0.25, 0.3) is 0 Å². The van der Waals surface area contributed by atoms with Crippen molar-refractivity contribution in [1.82, 2.24) is 0 Å². The molecule has 0 spiro atoms. The van der Waals surface area contributed by atoms with Crippen molar-refractivity contribution in [1.29, 1.82) is 0 Å². The molecule has 0 fully saturated rings. The Bertz CT molecular complexity index is 8270. The van der Waals surface area contributed by atoms with Crippen molar-refractivity contribution in [2.75, 3.05) is 50.5 Å². The zero-order valence-corrected chi connectivity index (χ0v) is 75.2. The Balaban J connectivity index is 0.000000118. The van der Waals surface area contributed by atoms with Gasteiger partial charge < -0.3 is 29.4 Å². The summed E-state index contributed by atoms with van der Waals surface area (Å²) in [6.07, 6.45) is 0. The summed E-state index contributed by atoms with van der Waals surface area (Å²) in [5, 5.41) is 22.9. The second-order valence-electron chi connectivity index (χ2n) is 34.6. The Morgan fingerprint density at radius 2 is 0.396 bits per heavy atom. The van der Waals surface area contributed by atoms with E-state index in [4.69, 9.17) is 0 Å². The van der Waals surface area contributed by atoms with Crippen molar-refractivity contribution in [3.63, 3.8) is 0 Å². The Morgan fingerprint density at radius 1 is 0.134 bits per heavy atom. The molecule has 0 heterocycles. The minimum atomic E-state index is 1.11. The molecule has 0 aliphatic rings. The summed E-state index contributed by atoms with van der Waals surface area (Å²) in [4.78, 5) is 13.9. The highest BCUT2D eigenvalue weighted by atomic mass is 15.2. The van der Waals surface area contributed by atoms with E-state index in [1.165, 1.54) is 153 Å². The molecule has 0 atom stereocenters. The summed E-state index contributed by atoms with van der Waals surface area (Å²) in [5.74, 6) is 0. The smallest absolute Gasteiger partial charge is 0.0494 e. The van der Waals surface area contributed by atoms with Crippen LogP contribution in [0.4, 0.5) is 85.3 Å². The minimum Gasteiger partial charge on any atom is -0.345 e. The monoisotopic (exact) mass is 1720 g/mol. The number of hydrogen-bond acceptors (Lipinski definition) is 6. The molecule has 0 aliphatic heterocycles. The number of nitrogens with zero attached hydrogens (tertiary/aromatic N) is 6. The molecule has 0 bridgehead atoms. The molecule has 6 heteroatoms. The van der Waals surface area contributed by atoms with Gasteiger partial charge >= 0.3 is 0 Å². The van der Waals surface area contributed by atoms with Crippen molar-refractivity contribution < 1.29 is 0 Å². The van der Waals surface area contributed by atoms with E-state index in [1.807, 2.05) is 0 Å². The minimum absolute atomic E-state index is 1.11. The van der Waals surface area contributed by atoms with Crippen LogP contribution in [0.1, 0.15) is 5.56 Å². The molecule has 0 aliphatic carbocycles. The first-order chi connectivity index (χ1) is 66.1. The predicted molar refractivity (Wildman–Crippen MR) is 577 cm³/mol. The molecule has 0 radical (unpaired) electrons. The molecule has 0 N–H and O–H groups in total. The summed E-state index contributed by atoms with van der Waals surface area (Å²) < 4.78 is 0. The number of aryl methyl sites for hydroxylation is 1. The first-order valence-electron chi connectivity index (χ1n) is 46.0. The van der Waals surface area contributed by atoms with Crippen LogP contribution in [0.3, 0.4) is 0 Å². The van der Waals surface area contributed by atoms with Gasteiger partial charge in [0.15, 0.2) is 0 Å². The molecule has 24 rings (SSSR count). The molecule has 0 aromatic heterocycles. The third kappa shape index (κ3) is 16.3. The lowest BCUT2D eigenvalue weighted by atomic mass is 9.89. The van der Waals surface area contributed by atoms with Gasteiger partial charge in [-0.25, -0.2) is 0 Å². The fourth-order valence-electron chi connectivity index (χ4n) is 19.5. The second kappa shape index (κ2) is 36.3. The fraction of sp³-hybridized carbons (Fsp3) is 0.0312. The van der Waals surface area contributed by atoms with Crippen LogP contribution in [0.25, 0.3) is 130 Å². The van der Waals surface area contributed by atoms with Gasteiger partial charge in [0.2, 0.25) is 0 Å². The Kier molecular flexibility index (Phi) is 22.3. The number of rotatable bonds is 18. The fourth-order valence-corrected chi connectivity index (χ4v) is 19.5. The molecule has 134 heavy (non-hydrogen) atoms. The molecule has 0 saturated carbocycles. The van der Waals surface area contributed by atoms with Crippen LogP contribution < -0.4 is 29.4 Å². The summed E-state index contributed by atoms with van der Waals surface area (Å²) in [6.45, 7) is 2.12. The van der Waals surface area contributed by atoms with Crippen LogP contribution in [0.5, 0.6) is 0 Å². The quantitative estimate of drug-likeness (QED) is 0.0625. The summed E-state index contributed by atoms with van der Waals surface area (Å²) in [7, 11) is 6.46. The van der Waals surface area contributed by atoms with Crippen LogP contribution in [0.2, 0.25) is 0 Å². The van der Waals surface area contributed by atoms with Gasteiger partial charge in [-0.3, -0.25) is 0 Å². The van der Waals surface area contributed by atoms with Gasteiger partial charge in [0.1, 0.15) is 0 Å². The number of fused-ring (bicyclic) bond motifs is 8. The van der Waals surface area contributed by atoms with E-state index in [-0.39, 0.29) is 0 Å². The molecule has 24 aromatic rings. The maximum atomic E-state index is 2.35. The standard InChI is InChI=1S/C49H34N2.C43H32N2.C36H30N2/c1-50(47-31-30-45-43-17-8-15-36-14-7-16-42(48(36)43)44-18-9-19-46(47)49(44)45)38-26-28-40(29-27-38)51(41-25-22-34-12-5-6-13-37(34)32-41)39-23-20-35(21-24-39)33-10-3-2-4-11-33;1-44(43-30-35-15-7-8-16-40(35)41-17-9-10-18-42(41)43)36-25-27-38(28-26-36)45(39-24-21-32-13-5-6-14-34(32)29-39)37-22-19-33(20-23-37)31-11-3-2-4-12-31;1-27-12-17-32(18-13-27)37(2)33-22-24-35(25-23-33)38(36-21-16-29-10-6-7-11-31(29)26-36)34-19-14-30(15-20-34)28-8-4-3-5-9-28/h2-32H,1H3;2-30H,1H3;3-26H,1-2H3. The number of anilines is 15. The normalized spacial score (nSPS) is 11.3. The highest BCUT2D eigenvalue weighted by Crippen LogP contribution is 2.48. The molecular weight excluding hydrogens is 1620 g/mol. The zero-order chi connectivity index (χ0) is 90.0. The lowest BCUT2D eigenvalue weighted by Gasteiger charge is -2.27. The molecule has 638 valence electrons. The maximum absolute atomic E-state index is 2.35. The summed E-state index contributed by atoms with van der Waals surface area (Å²) in [5.41, 5.74) is 25.6. The van der Waals surface area contributed by atoms with Crippen LogP contribution in [0, 0.1) is 6.92 Å². The highest BCUT2D eigenvalue weighted by molar-refractivity contribution is 6.34. The Morgan fingerprint density at radius 3 is 0.799 bits per heavy atom.